The van der Waals surface area contributed by atoms with Crippen LogP contribution in [0.2, 0.25) is 0 Å². The Hall–Kier alpha value is -1.58. The zero-order chi connectivity index (χ0) is 14.5. The van der Waals surface area contributed by atoms with Gasteiger partial charge in [-0.25, -0.2) is 4.79 Å². The molecule has 0 aromatic heterocycles. The molecule has 0 rings (SSSR count). The van der Waals surface area contributed by atoms with E-state index in [1.54, 1.807) is 20.8 Å². The number of ether oxygens (including phenoxy) is 1. The van der Waals surface area contributed by atoms with Gasteiger partial charge in [0.1, 0.15) is 0 Å². The monoisotopic (exact) mass is 253 g/mol. The molecule has 0 aliphatic heterocycles. The maximum Gasteiger partial charge on any atom is 0.335 e. The molecule has 0 radical (unpaired) electrons. The van der Waals surface area contributed by atoms with Gasteiger partial charge in [-0.15, -0.1) is 0 Å². The largest absolute Gasteiger partial charge is 0.439 e. The van der Waals surface area contributed by atoms with Crippen molar-refractivity contribution in [1.29, 1.82) is 0 Å². The third-order valence-corrected chi connectivity index (χ3v) is 1.97. The molecule has 0 saturated carbocycles. The molecule has 1 atom stereocenters. The molecule has 1 unspecified atom stereocenters. The first kappa shape index (κ1) is 16.4. The highest BCUT2D eigenvalue weighted by Crippen LogP contribution is 2.17. The van der Waals surface area contributed by atoms with Gasteiger partial charge in [0.25, 0.3) is 0 Å². The van der Waals surface area contributed by atoms with Crippen LogP contribution in [0, 0.1) is 5.41 Å². The topological polar surface area (TPSA) is 55.4 Å². The number of nitrogens with one attached hydrogen (secondary N) is 1. The van der Waals surface area contributed by atoms with E-state index >= 15 is 0 Å². The summed E-state index contributed by atoms with van der Waals surface area (Å²) in [5, 5.41) is 2.60. The second-order valence-corrected chi connectivity index (χ2v) is 5.49. The molecule has 1 amide bonds. The van der Waals surface area contributed by atoms with E-state index in [9.17, 15) is 9.59 Å². The SMILES string of the molecule is C=C(C)C(=O)OC(C)NC(=O)/C(C)=C/C(C)(C)C. The minimum absolute atomic E-state index is 0.0704. The number of allylic oxidation sites excluding steroid dienone is 1. The zero-order valence-electron chi connectivity index (χ0n) is 12.1. The van der Waals surface area contributed by atoms with Crippen LogP contribution in [0.5, 0.6) is 0 Å². The second kappa shape index (κ2) is 6.38. The van der Waals surface area contributed by atoms with Crippen LogP contribution in [0.1, 0.15) is 41.5 Å². The maximum atomic E-state index is 11.8. The average Bonchev–Trinajstić information content (AvgIpc) is 2.14. The van der Waals surface area contributed by atoms with E-state index in [2.05, 4.69) is 11.9 Å². The van der Waals surface area contributed by atoms with Crippen LogP contribution in [0.25, 0.3) is 0 Å². The summed E-state index contributed by atoms with van der Waals surface area (Å²) in [5.41, 5.74) is 0.831. The lowest BCUT2D eigenvalue weighted by atomic mass is 9.94. The first-order chi connectivity index (χ1) is 8.03. The minimum Gasteiger partial charge on any atom is -0.439 e. The van der Waals surface area contributed by atoms with Gasteiger partial charge in [-0.3, -0.25) is 4.79 Å². The summed E-state index contributed by atoms with van der Waals surface area (Å²) in [4.78, 5) is 23.0. The predicted octanol–water partition coefficient (Wildman–Crippen LogP) is 2.56. The van der Waals surface area contributed by atoms with Gasteiger partial charge in [0.2, 0.25) is 5.91 Å². The van der Waals surface area contributed by atoms with E-state index in [-0.39, 0.29) is 11.3 Å². The second-order valence-electron chi connectivity index (χ2n) is 5.49. The highest BCUT2D eigenvalue weighted by Gasteiger charge is 2.15. The summed E-state index contributed by atoms with van der Waals surface area (Å²) in [6.45, 7) is 14.4. The Morgan fingerprint density at radius 3 is 2.17 bits per heavy atom. The summed E-state index contributed by atoms with van der Waals surface area (Å²) in [5.74, 6) is -0.757. The smallest absolute Gasteiger partial charge is 0.335 e. The van der Waals surface area contributed by atoms with E-state index in [0.717, 1.165) is 0 Å². The molecule has 0 spiro atoms. The molecule has 0 bridgehead atoms. The third kappa shape index (κ3) is 6.89. The van der Waals surface area contributed by atoms with Crippen molar-refractivity contribution in [2.24, 2.45) is 5.41 Å². The first-order valence-corrected chi connectivity index (χ1v) is 5.90. The van der Waals surface area contributed by atoms with Crippen LogP contribution in [-0.4, -0.2) is 18.1 Å². The van der Waals surface area contributed by atoms with Gasteiger partial charge in [-0.05, 0) is 26.2 Å². The Balaban J connectivity index is 4.45. The molecule has 4 nitrogen and oxygen atoms in total. The molecule has 0 aromatic rings. The lowest BCUT2D eigenvalue weighted by Gasteiger charge is -2.17. The summed E-state index contributed by atoms with van der Waals surface area (Å²) >= 11 is 0. The quantitative estimate of drug-likeness (QED) is 0.476. The van der Waals surface area contributed by atoms with Gasteiger partial charge in [0.15, 0.2) is 6.23 Å². The number of carbonyl (C=O) groups is 2. The van der Waals surface area contributed by atoms with Gasteiger partial charge in [-0.2, -0.15) is 0 Å². The van der Waals surface area contributed by atoms with Crippen LogP contribution in [0.15, 0.2) is 23.8 Å². The van der Waals surface area contributed by atoms with Crippen molar-refractivity contribution in [3.8, 4) is 0 Å². The molecule has 0 aliphatic rings. The van der Waals surface area contributed by atoms with E-state index in [1.807, 2.05) is 26.8 Å². The van der Waals surface area contributed by atoms with Crippen molar-refractivity contribution in [3.63, 3.8) is 0 Å². The maximum absolute atomic E-state index is 11.8. The first-order valence-electron chi connectivity index (χ1n) is 5.90. The Kier molecular flexibility index (Phi) is 5.82. The fourth-order valence-electron chi connectivity index (χ4n) is 1.30. The number of esters is 1. The number of hydrogen-bond acceptors (Lipinski definition) is 3. The number of rotatable bonds is 4. The predicted molar refractivity (Wildman–Crippen MR) is 71.7 cm³/mol. The normalized spacial score (nSPS) is 13.8. The van der Waals surface area contributed by atoms with Gasteiger partial charge in [-0.1, -0.05) is 33.4 Å². The molecule has 0 fully saturated rings. The number of amides is 1. The van der Waals surface area contributed by atoms with Gasteiger partial charge < -0.3 is 10.1 Å². The molecule has 0 aromatic carbocycles. The Morgan fingerprint density at radius 1 is 1.28 bits per heavy atom. The molecule has 1 N–H and O–H groups in total. The van der Waals surface area contributed by atoms with Crippen LogP contribution in [0.4, 0.5) is 0 Å². The number of carbonyl (C=O) groups excluding carboxylic acids is 2. The highest BCUT2D eigenvalue weighted by atomic mass is 16.6. The van der Waals surface area contributed by atoms with Gasteiger partial charge in [0.05, 0.1) is 0 Å². The van der Waals surface area contributed by atoms with Crippen molar-refractivity contribution in [1.82, 2.24) is 5.32 Å². The van der Waals surface area contributed by atoms with Crippen molar-refractivity contribution in [2.45, 2.75) is 47.8 Å². The standard InChI is InChI=1S/C14H23NO3/c1-9(2)13(17)18-11(4)15-12(16)10(3)8-14(5,6)7/h8,11H,1H2,2-7H3,(H,15,16)/b10-8+. The fraction of sp³-hybridized carbons (Fsp3) is 0.571. The van der Waals surface area contributed by atoms with E-state index in [1.165, 1.54) is 0 Å². The molecule has 0 heterocycles. The van der Waals surface area contributed by atoms with E-state index in [0.29, 0.717) is 11.1 Å². The van der Waals surface area contributed by atoms with E-state index < -0.39 is 12.2 Å². The lowest BCUT2D eigenvalue weighted by Crippen LogP contribution is -2.36. The highest BCUT2D eigenvalue weighted by molar-refractivity contribution is 5.93. The lowest BCUT2D eigenvalue weighted by molar-refractivity contribution is -0.146. The Bertz CT molecular complexity index is 375. The molecule has 0 saturated heterocycles. The van der Waals surface area contributed by atoms with Crippen LogP contribution in [0.3, 0.4) is 0 Å². The molecule has 0 aliphatic carbocycles. The van der Waals surface area contributed by atoms with Crippen LogP contribution in [-0.2, 0) is 14.3 Å². The fourth-order valence-corrected chi connectivity index (χ4v) is 1.30. The third-order valence-electron chi connectivity index (χ3n) is 1.97. The molecular weight excluding hydrogens is 230 g/mol. The van der Waals surface area contributed by atoms with Crippen molar-refractivity contribution in [2.75, 3.05) is 0 Å². The minimum atomic E-state index is -0.676. The van der Waals surface area contributed by atoms with Crippen LogP contribution < -0.4 is 5.32 Å². The summed E-state index contributed by atoms with van der Waals surface area (Å²) < 4.78 is 4.97. The summed E-state index contributed by atoms with van der Waals surface area (Å²) in [6.07, 6.45) is 1.19. The van der Waals surface area contributed by atoms with Crippen LogP contribution >= 0.6 is 0 Å². The molecule has 4 heteroatoms. The zero-order valence-corrected chi connectivity index (χ0v) is 12.1. The summed E-state index contributed by atoms with van der Waals surface area (Å²) in [6, 6.07) is 0. The molecule has 102 valence electrons. The van der Waals surface area contributed by atoms with E-state index in [4.69, 9.17) is 4.74 Å². The van der Waals surface area contributed by atoms with Crippen molar-refractivity contribution >= 4 is 11.9 Å². The number of hydrogen-bond donors (Lipinski definition) is 1. The molecule has 18 heavy (non-hydrogen) atoms. The Morgan fingerprint density at radius 2 is 1.78 bits per heavy atom. The van der Waals surface area contributed by atoms with Gasteiger partial charge in [0, 0.05) is 11.1 Å². The van der Waals surface area contributed by atoms with Gasteiger partial charge >= 0.3 is 5.97 Å². The molecular formula is C14H23NO3. The van der Waals surface area contributed by atoms with Crippen molar-refractivity contribution < 1.29 is 14.3 Å². The average molecular weight is 253 g/mol. The van der Waals surface area contributed by atoms with Crippen molar-refractivity contribution in [3.05, 3.63) is 23.8 Å². The Labute approximate surface area is 109 Å². The summed E-state index contributed by atoms with van der Waals surface area (Å²) in [7, 11) is 0.